The maximum absolute atomic E-state index is 11.1. The summed E-state index contributed by atoms with van der Waals surface area (Å²) in [7, 11) is 0. The van der Waals surface area contributed by atoms with E-state index in [0.29, 0.717) is 5.75 Å². The highest BCUT2D eigenvalue weighted by Crippen LogP contribution is 2.17. The minimum atomic E-state index is -0.586. The molecule has 0 saturated heterocycles. The van der Waals surface area contributed by atoms with Crippen molar-refractivity contribution in [2.45, 2.75) is 26.9 Å². The molecule has 1 amide bonds. The van der Waals surface area contributed by atoms with Crippen molar-refractivity contribution in [1.29, 1.82) is 0 Å². The molecular weight excluding hydrogens is 192 g/mol. The maximum atomic E-state index is 11.1. The summed E-state index contributed by atoms with van der Waals surface area (Å²) in [6, 6.07) is 5.69. The van der Waals surface area contributed by atoms with Gasteiger partial charge in [-0.15, -0.1) is 0 Å². The largest absolute Gasteiger partial charge is 0.481 e. The molecule has 1 rings (SSSR count). The minimum Gasteiger partial charge on any atom is -0.481 e. The van der Waals surface area contributed by atoms with Crippen molar-refractivity contribution >= 4 is 5.91 Å². The average Bonchev–Trinajstić information content (AvgIpc) is 2.22. The zero-order valence-corrected chi connectivity index (χ0v) is 9.20. The van der Waals surface area contributed by atoms with Gasteiger partial charge in [0, 0.05) is 0 Å². The Morgan fingerprint density at radius 2 is 2.07 bits per heavy atom. The Morgan fingerprint density at radius 1 is 1.40 bits per heavy atom. The van der Waals surface area contributed by atoms with E-state index in [1.54, 1.807) is 6.92 Å². The van der Waals surface area contributed by atoms with E-state index >= 15 is 0 Å². The molecular formula is C11H16N2O2. The Kier molecular flexibility index (Phi) is 3.68. The van der Waals surface area contributed by atoms with Crippen molar-refractivity contribution < 1.29 is 9.53 Å². The van der Waals surface area contributed by atoms with Crippen LogP contribution < -0.4 is 16.0 Å². The van der Waals surface area contributed by atoms with Crippen LogP contribution in [0.4, 0.5) is 0 Å². The van der Waals surface area contributed by atoms with E-state index in [-0.39, 0.29) is 5.91 Å². The Morgan fingerprint density at radius 3 is 2.60 bits per heavy atom. The van der Waals surface area contributed by atoms with Crippen LogP contribution in [0.2, 0.25) is 0 Å². The second-order valence-corrected chi connectivity index (χ2v) is 3.51. The number of rotatable bonds is 3. The van der Waals surface area contributed by atoms with Crippen LogP contribution in [-0.2, 0) is 4.79 Å². The number of hydrazine groups is 1. The molecule has 15 heavy (non-hydrogen) atoms. The van der Waals surface area contributed by atoms with Crippen molar-refractivity contribution in [3.8, 4) is 5.75 Å². The number of hydrogen-bond donors (Lipinski definition) is 2. The van der Waals surface area contributed by atoms with Crippen LogP contribution in [0.3, 0.4) is 0 Å². The molecule has 1 atom stereocenters. The van der Waals surface area contributed by atoms with Gasteiger partial charge in [0.2, 0.25) is 0 Å². The standard InChI is InChI=1S/C11H16N2O2/c1-7-4-5-10(6-8(7)2)15-9(3)11(14)13-12/h4-6,9H,12H2,1-3H3,(H,13,14). The summed E-state index contributed by atoms with van der Waals surface area (Å²) in [5, 5.41) is 0. The van der Waals surface area contributed by atoms with Crippen molar-refractivity contribution in [3.05, 3.63) is 29.3 Å². The van der Waals surface area contributed by atoms with Crippen LogP contribution in [0.1, 0.15) is 18.1 Å². The first-order valence-electron chi connectivity index (χ1n) is 4.79. The van der Waals surface area contributed by atoms with Crippen LogP contribution in [0, 0.1) is 13.8 Å². The number of benzene rings is 1. The van der Waals surface area contributed by atoms with Crippen molar-refractivity contribution in [2.24, 2.45) is 5.84 Å². The van der Waals surface area contributed by atoms with E-state index in [2.05, 4.69) is 0 Å². The number of amides is 1. The molecule has 1 aromatic rings. The van der Waals surface area contributed by atoms with E-state index in [1.807, 2.05) is 37.5 Å². The van der Waals surface area contributed by atoms with Gasteiger partial charge in [-0.2, -0.15) is 0 Å². The molecule has 3 N–H and O–H groups in total. The summed E-state index contributed by atoms with van der Waals surface area (Å²) >= 11 is 0. The fourth-order valence-electron chi connectivity index (χ4n) is 1.16. The second kappa shape index (κ2) is 4.79. The molecule has 0 aliphatic rings. The number of hydrogen-bond acceptors (Lipinski definition) is 3. The predicted molar refractivity (Wildman–Crippen MR) is 58.3 cm³/mol. The Balaban J connectivity index is 2.73. The van der Waals surface area contributed by atoms with Crippen LogP contribution in [0.15, 0.2) is 18.2 Å². The number of ether oxygens (including phenoxy) is 1. The van der Waals surface area contributed by atoms with E-state index in [4.69, 9.17) is 10.6 Å². The maximum Gasteiger partial charge on any atom is 0.274 e. The van der Waals surface area contributed by atoms with E-state index in [0.717, 1.165) is 5.56 Å². The van der Waals surface area contributed by atoms with Gasteiger partial charge in [0.25, 0.3) is 5.91 Å². The lowest BCUT2D eigenvalue weighted by atomic mass is 10.1. The third-order valence-corrected chi connectivity index (χ3v) is 2.30. The molecule has 0 saturated carbocycles. The lowest BCUT2D eigenvalue weighted by molar-refractivity contribution is -0.127. The highest BCUT2D eigenvalue weighted by Gasteiger charge is 2.12. The van der Waals surface area contributed by atoms with Gasteiger partial charge in [0.1, 0.15) is 5.75 Å². The van der Waals surface area contributed by atoms with Crippen molar-refractivity contribution in [2.75, 3.05) is 0 Å². The van der Waals surface area contributed by atoms with Crippen LogP contribution in [0.5, 0.6) is 5.75 Å². The summed E-state index contributed by atoms with van der Waals surface area (Å²) in [5.41, 5.74) is 4.37. The number of nitrogens with two attached hydrogens (primary N) is 1. The third-order valence-electron chi connectivity index (χ3n) is 2.30. The summed E-state index contributed by atoms with van der Waals surface area (Å²) in [6.07, 6.45) is -0.586. The van der Waals surface area contributed by atoms with Crippen molar-refractivity contribution in [3.63, 3.8) is 0 Å². The first-order valence-corrected chi connectivity index (χ1v) is 4.79. The molecule has 0 bridgehead atoms. The quantitative estimate of drug-likeness (QED) is 0.443. The molecule has 0 aliphatic carbocycles. The zero-order valence-electron chi connectivity index (χ0n) is 9.20. The van der Waals surface area contributed by atoms with Gasteiger partial charge in [0.15, 0.2) is 6.10 Å². The topological polar surface area (TPSA) is 64.3 Å². The molecule has 0 fully saturated rings. The molecule has 0 aliphatic heterocycles. The molecule has 0 radical (unpaired) electrons. The Labute approximate surface area is 89.4 Å². The molecule has 0 heterocycles. The highest BCUT2D eigenvalue weighted by atomic mass is 16.5. The molecule has 4 heteroatoms. The van der Waals surface area contributed by atoms with Gasteiger partial charge in [-0.25, -0.2) is 5.84 Å². The number of carbonyl (C=O) groups is 1. The number of carbonyl (C=O) groups excluding carboxylic acids is 1. The first-order chi connectivity index (χ1) is 7.04. The SMILES string of the molecule is Cc1ccc(OC(C)C(=O)NN)cc1C. The van der Waals surface area contributed by atoms with Gasteiger partial charge in [-0.1, -0.05) is 6.07 Å². The molecule has 4 nitrogen and oxygen atoms in total. The fraction of sp³-hybridized carbons (Fsp3) is 0.364. The van der Waals surface area contributed by atoms with E-state index in [1.165, 1.54) is 5.56 Å². The normalized spacial score (nSPS) is 12.0. The molecule has 1 aromatic carbocycles. The van der Waals surface area contributed by atoms with Crippen LogP contribution in [-0.4, -0.2) is 12.0 Å². The van der Waals surface area contributed by atoms with Crippen LogP contribution in [0.25, 0.3) is 0 Å². The summed E-state index contributed by atoms with van der Waals surface area (Å²) in [4.78, 5) is 11.1. The summed E-state index contributed by atoms with van der Waals surface area (Å²) < 4.78 is 5.41. The third kappa shape index (κ3) is 2.95. The Hall–Kier alpha value is -1.55. The van der Waals surface area contributed by atoms with Gasteiger partial charge >= 0.3 is 0 Å². The lowest BCUT2D eigenvalue weighted by Gasteiger charge is -2.13. The van der Waals surface area contributed by atoms with Gasteiger partial charge < -0.3 is 4.74 Å². The van der Waals surface area contributed by atoms with Gasteiger partial charge in [-0.05, 0) is 44.0 Å². The summed E-state index contributed by atoms with van der Waals surface area (Å²) in [5.74, 6) is 5.34. The highest BCUT2D eigenvalue weighted by molar-refractivity contribution is 5.80. The van der Waals surface area contributed by atoms with Crippen LogP contribution >= 0.6 is 0 Å². The predicted octanol–water partition coefficient (Wildman–Crippen LogP) is 1.06. The lowest BCUT2D eigenvalue weighted by Crippen LogP contribution is -2.40. The van der Waals surface area contributed by atoms with E-state index < -0.39 is 6.10 Å². The number of nitrogens with one attached hydrogen (secondary N) is 1. The van der Waals surface area contributed by atoms with Crippen molar-refractivity contribution in [1.82, 2.24) is 5.43 Å². The monoisotopic (exact) mass is 208 g/mol. The van der Waals surface area contributed by atoms with E-state index in [9.17, 15) is 4.79 Å². The number of aryl methyl sites for hydroxylation is 2. The second-order valence-electron chi connectivity index (χ2n) is 3.51. The summed E-state index contributed by atoms with van der Waals surface area (Å²) in [6.45, 7) is 5.67. The molecule has 82 valence electrons. The van der Waals surface area contributed by atoms with Gasteiger partial charge in [-0.3, -0.25) is 10.2 Å². The molecule has 0 aromatic heterocycles. The zero-order chi connectivity index (χ0) is 11.4. The smallest absolute Gasteiger partial charge is 0.274 e. The molecule has 0 spiro atoms. The average molecular weight is 208 g/mol. The minimum absolute atomic E-state index is 0.340. The fourth-order valence-corrected chi connectivity index (χ4v) is 1.16. The molecule has 1 unspecified atom stereocenters. The first kappa shape index (κ1) is 11.5. The van der Waals surface area contributed by atoms with Gasteiger partial charge in [0.05, 0.1) is 0 Å². The Bertz CT molecular complexity index is 364.